The van der Waals surface area contributed by atoms with Gasteiger partial charge in [0.2, 0.25) is 5.91 Å². The molecule has 1 amide bonds. The summed E-state index contributed by atoms with van der Waals surface area (Å²) in [6.07, 6.45) is 3.14. The molecule has 1 aliphatic rings. The highest BCUT2D eigenvalue weighted by molar-refractivity contribution is 5.93. The maximum Gasteiger partial charge on any atom is 0.223 e. The second-order valence-electron chi connectivity index (χ2n) is 8.63. The molecule has 4 rings (SSSR count). The Morgan fingerprint density at radius 1 is 1.00 bits per heavy atom. The Morgan fingerprint density at radius 3 is 2.30 bits per heavy atom. The third-order valence-electron chi connectivity index (χ3n) is 5.72. The normalized spacial score (nSPS) is 14.7. The zero-order chi connectivity index (χ0) is 23.6. The van der Waals surface area contributed by atoms with Crippen LogP contribution in [-0.2, 0) is 17.8 Å². The molecule has 3 aromatic carbocycles. The molecule has 4 heteroatoms. The highest BCUT2D eigenvalue weighted by atomic mass is 16.5. The first-order chi connectivity index (χ1) is 16.0. The number of rotatable bonds is 6. The molecule has 2 N–H and O–H groups in total. The van der Waals surface area contributed by atoms with E-state index in [1.54, 1.807) is 6.92 Å². The van der Waals surface area contributed by atoms with Gasteiger partial charge in [-0.05, 0) is 53.6 Å². The maximum absolute atomic E-state index is 12.2. The topological polar surface area (TPSA) is 55.6 Å². The Kier molecular flexibility index (Phi) is 9.08. The summed E-state index contributed by atoms with van der Waals surface area (Å²) in [5, 5.41) is 0. The van der Waals surface area contributed by atoms with E-state index in [2.05, 4.69) is 56.3 Å². The predicted octanol–water partition coefficient (Wildman–Crippen LogP) is 6.22. The molecule has 0 radical (unpaired) electrons. The minimum Gasteiger partial charge on any atom is -0.489 e. The van der Waals surface area contributed by atoms with Crippen LogP contribution in [0.3, 0.4) is 0 Å². The molecule has 0 aromatic heterocycles. The second-order valence-corrected chi connectivity index (χ2v) is 8.63. The van der Waals surface area contributed by atoms with E-state index in [4.69, 9.17) is 10.5 Å². The smallest absolute Gasteiger partial charge is 0.223 e. The average Bonchev–Trinajstić information content (AvgIpc) is 2.84. The highest BCUT2D eigenvalue weighted by Crippen LogP contribution is 2.34. The van der Waals surface area contributed by atoms with Crippen LogP contribution in [0.5, 0.6) is 5.75 Å². The van der Waals surface area contributed by atoms with Gasteiger partial charge in [-0.15, -0.1) is 0 Å². The van der Waals surface area contributed by atoms with Crippen LogP contribution in [0.2, 0.25) is 0 Å². The summed E-state index contributed by atoms with van der Waals surface area (Å²) < 4.78 is 6.05. The Balaban J connectivity index is 0.000000968. The number of ether oxygens (including phenoxy) is 1. The van der Waals surface area contributed by atoms with Crippen LogP contribution in [-0.4, -0.2) is 19.0 Å². The zero-order valence-corrected chi connectivity index (χ0v) is 20.1. The van der Waals surface area contributed by atoms with Crippen LogP contribution < -0.4 is 15.4 Å². The van der Waals surface area contributed by atoms with Crippen molar-refractivity contribution in [3.8, 4) is 16.9 Å². The lowest BCUT2D eigenvalue weighted by atomic mass is 9.90. The summed E-state index contributed by atoms with van der Waals surface area (Å²) in [5.41, 5.74) is 11.4. The van der Waals surface area contributed by atoms with Crippen molar-refractivity contribution >= 4 is 11.6 Å². The lowest BCUT2D eigenvalue weighted by Gasteiger charge is -2.34. The molecule has 0 saturated carbocycles. The van der Waals surface area contributed by atoms with Gasteiger partial charge in [0, 0.05) is 19.5 Å². The van der Waals surface area contributed by atoms with Gasteiger partial charge in [-0.25, -0.2) is 0 Å². The molecule has 1 atom stereocenters. The van der Waals surface area contributed by atoms with Crippen molar-refractivity contribution in [3.05, 3.63) is 83.9 Å². The summed E-state index contributed by atoms with van der Waals surface area (Å²) in [6.45, 7) is 7.74. The fourth-order valence-electron chi connectivity index (χ4n) is 4.11. The summed E-state index contributed by atoms with van der Waals surface area (Å²) >= 11 is 0. The van der Waals surface area contributed by atoms with Gasteiger partial charge in [0.1, 0.15) is 12.4 Å². The van der Waals surface area contributed by atoms with Crippen molar-refractivity contribution in [1.29, 1.82) is 0 Å². The molecule has 0 spiro atoms. The highest BCUT2D eigenvalue weighted by Gasteiger charge is 2.26. The van der Waals surface area contributed by atoms with Gasteiger partial charge in [0.25, 0.3) is 0 Å². The summed E-state index contributed by atoms with van der Waals surface area (Å²) in [4.78, 5) is 14.1. The van der Waals surface area contributed by atoms with E-state index in [9.17, 15) is 4.79 Å². The number of carbonyl (C=O) groups excluding carboxylic acids is 1. The fourth-order valence-corrected chi connectivity index (χ4v) is 4.11. The first kappa shape index (κ1) is 24.5. The third-order valence-corrected chi connectivity index (χ3v) is 5.72. The summed E-state index contributed by atoms with van der Waals surface area (Å²) in [6, 6.07) is 24.8. The lowest BCUT2D eigenvalue weighted by molar-refractivity contribution is -0.116. The average molecular weight is 445 g/mol. The van der Waals surface area contributed by atoms with E-state index in [-0.39, 0.29) is 5.91 Å². The standard InChI is InChI=1S/C26H28N2O2.C3H8/c1-19(29)28-17-21(13-14-27)15-24-11-12-25(16-26(24)28)30-18-20-7-9-23(10-8-20)22-5-3-2-4-6-22;1-3-2/h2-12,16,21H,13-15,17-18,27H2,1H3;3H2,1-2H3. The van der Waals surface area contributed by atoms with E-state index in [1.165, 1.54) is 23.1 Å². The Labute approximate surface area is 198 Å². The van der Waals surface area contributed by atoms with Crippen molar-refractivity contribution in [2.75, 3.05) is 18.0 Å². The molecule has 0 aliphatic carbocycles. The number of amides is 1. The van der Waals surface area contributed by atoms with Gasteiger partial charge < -0.3 is 15.4 Å². The summed E-state index contributed by atoms with van der Waals surface area (Å²) in [5.74, 6) is 1.26. The minimum absolute atomic E-state index is 0.0617. The number of nitrogens with zero attached hydrogens (tertiary/aromatic N) is 1. The van der Waals surface area contributed by atoms with Crippen molar-refractivity contribution < 1.29 is 9.53 Å². The molecule has 1 heterocycles. The van der Waals surface area contributed by atoms with Gasteiger partial charge in [-0.1, -0.05) is 80.9 Å². The van der Waals surface area contributed by atoms with Crippen molar-refractivity contribution in [2.45, 2.75) is 46.6 Å². The van der Waals surface area contributed by atoms with Gasteiger partial charge >= 0.3 is 0 Å². The van der Waals surface area contributed by atoms with Crippen molar-refractivity contribution in [2.24, 2.45) is 11.7 Å². The van der Waals surface area contributed by atoms with E-state index >= 15 is 0 Å². The molecule has 0 fully saturated rings. The van der Waals surface area contributed by atoms with Crippen LogP contribution in [0, 0.1) is 5.92 Å². The lowest BCUT2D eigenvalue weighted by Crippen LogP contribution is -2.39. The van der Waals surface area contributed by atoms with Gasteiger partial charge in [0.15, 0.2) is 0 Å². The largest absolute Gasteiger partial charge is 0.489 e. The molecule has 3 aromatic rings. The summed E-state index contributed by atoms with van der Waals surface area (Å²) in [7, 11) is 0. The number of anilines is 1. The SMILES string of the molecule is CC(=O)N1CC(CCN)Cc2ccc(OCc3ccc(-c4ccccc4)cc3)cc21.CCC. The third kappa shape index (κ3) is 6.69. The predicted molar refractivity (Wildman–Crippen MR) is 138 cm³/mol. The van der Waals surface area contributed by atoms with E-state index < -0.39 is 0 Å². The van der Waals surface area contributed by atoms with Gasteiger partial charge in [-0.2, -0.15) is 0 Å². The quantitative estimate of drug-likeness (QED) is 0.491. The molecule has 0 bridgehead atoms. The molecular formula is C29H36N2O2. The molecule has 174 valence electrons. The van der Waals surface area contributed by atoms with Crippen LogP contribution in [0.25, 0.3) is 11.1 Å². The number of benzene rings is 3. The zero-order valence-electron chi connectivity index (χ0n) is 20.1. The van der Waals surface area contributed by atoms with Crippen LogP contribution in [0.1, 0.15) is 44.7 Å². The van der Waals surface area contributed by atoms with Crippen LogP contribution in [0.15, 0.2) is 72.8 Å². The molecule has 4 nitrogen and oxygen atoms in total. The molecular weight excluding hydrogens is 408 g/mol. The monoisotopic (exact) mass is 444 g/mol. The van der Waals surface area contributed by atoms with Crippen LogP contribution in [0.4, 0.5) is 5.69 Å². The Bertz CT molecular complexity index is 1020. The second kappa shape index (κ2) is 12.2. The van der Waals surface area contributed by atoms with E-state index in [0.29, 0.717) is 19.1 Å². The molecule has 1 aliphatic heterocycles. The molecule has 33 heavy (non-hydrogen) atoms. The van der Waals surface area contributed by atoms with Crippen LogP contribution >= 0.6 is 0 Å². The van der Waals surface area contributed by atoms with E-state index in [0.717, 1.165) is 36.4 Å². The minimum atomic E-state index is 0.0617. The number of fused-ring (bicyclic) bond motifs is 1. The number of hydrogen-bond acceptors (Lipinski definition) is 3. The first-order valence-electron chi connectivity index (χ1n) is 11.9. The number of hydrogen-bond donors (Lipinski definition) is 1. The number of carbonyl (C=O) groups is 1. The van der Waals surface area contributed by atoms with E-state index in [1.807, 2.05) is 35.2 Å². The number of nitrogens with two attached hydrogens (primary N) is 1. The Morgan fingerprint density at radius 2 is 1.67 bits per heavy atom. The van der Waals surface area contributed by atoms with Crippen molar-refractivity contribution in [1.82, 2.24) is 0 Å². The Hall–Kier alpha value is -3.11. The maximum atomic E-state index is 12.2. The fraction of sp³-hybridized carbons (Fsp3) is 0.345. The molecule has 1 unspecified atom stereocenters. The molecule has 0 saturated heterocycles. The van der Waals surface area contributed by atoms with Crippen molar-refractivity contribution in [3.63, 3.8) is 0 Å². The van der Waals surface area contributed by atoms with Gasteiger partial charge in [0.05, 0.1) is 5.69 Å². The first-order valence-corrected chi connectivity index (χ1v) is 11.9. The van der Waals surface area contributed by atoms with Gasteiger partial charge in [-0.3, -0.25) is 4.79 Å².